The highest BCUT2D eigenvalue weighted by Crippen LogP contribution is 2.28. The molecule has 0 saturated heterocycles. The summed E-state index contributed by atoms with van der Waals surface area (Å²) in [5, 5.41) is 0. The van der Waals surface area contributed by atoms with Crippen molar-refractivity contribution in [3.8, 4) is 16.9 Å². The Kier molecular flexibility index (Phi) is 2.67. The molecule has 2 aromatic rings. The first-order valence-corrected chi connectivity index (χ1v) is 6.19. The average Bonchev–Trinajstić information content (AvgIpc) is 3.18. The van der Waals surface area contributed by atoms with Gasteiger partial charge in [-0.25, -0.2) is 0 Å². The first kappa shape index (κ1) is 11.1. The van der Waals surface area contributed by atoms with Crippen molar-refractivity contribution in [3.63, 3.8) is 0 Å². The molecule has 0 aliphatic heterocycles. The molecule has 0 atom stereocenters. The molecule has 3 rings (SSSR count). The summed E-state index contributed by atoms with van der Waals surface area (Å²) < 4.78 is 5.70. The number of ether oxygens (including phenoxy) is 1. The van der Waals surface area contributed by atoms with Gasteiger partial charge in [-0.3, -0.25) is 4.79 Å². The van der Waals surface area contributed by atoms with Crippen LogP contribution in [-0.2, 0) is 0 Å². The van der Waals surface area contributed by atoms with Crippen molar-refractivity contribution in [2.24, 2.45) is 0 Å². The van der Waals surface area contributed by atoms with Crippen LogP contribution in [0.25, 0.3) is 11.1 Å². The first-order valence-electron chi connectivity index (χ1n) is 6.19. The van der Waals surface area contributed by atoms with E-state index in [-0.39, 0.29) is 5.56 Å². The number of nitrogens with one attached hydrogen (secondary N) is 1. The molecule has 92 valence electrons. The van der Waals surface area contributed by atoms with Gasteiger partial charge in [0.25, 0.3) is 5.56 Å². The van der Waals surface area contributed by atoms with E-state index in [9.17, 15) is 4.79 Å². The second-order valence-electron chi connectivity index (χ2n) is 4.74. The summed E-state index contributed by atoms with van der Waals surface area (Å²) in [7, 11) is 0. The van der Waals surface area contributed by atoms with Crippen LogP contribution in [0.5, 0.6) is 5.75 Å². The normalized spacial score (nSPS) is 14.5. The van der Waals surface area contributed by atoms with E-state index in [1.807, 2.05) is 37.3 Å². The summed E-state index contributed by atoms with van der Waals surface area (Å²) in [5.41, 5.74) is 2.79. The quantitative estimate of drug-likeness (QED) is 0.897. The summed E-state index contributed by atoms with van der Waals surface area (Å²) in [6.07, 6.45) is 4.50. The molecule has 0 spiro atoms. The predicted molar refractivity (Wildman–Crippen MR) is 70.9 cm³/mol. The molecule has 1 saturated carbocycles. The van der Waals surface area contributed by atoms with Gasteiger partial charge in [0.2, 0.25) is 0 Å². The highest BCUT2D eigenvalue weighted by molar-refractivity contribution is 5.63. The van der Waals surface area contributed by atoms with Gasteiger partial charge in [0.15, 0.2) is 0 Å². The average molecular weight is 241 g/mol. The van der Waals surface area contributed by atoms with Crippen LogP contribution in [0.15, 0.2) is 41.3 Å². The summed E-state index contributed by atoms with van der Waals surface area (Å²) in [6.45, 7) is 1.81. The van der Waals surface area contributed by atoms with Crippen molar-refractivity contribution in [1.82, 2.24) is 4.98 Å². The highest BCUT2D eigenvalue weighted by atomic mass is 16.5. The Hall–Kier alpha value is -2.03. The van der Waals surface area contributed by atoms with Gasteiger partial charge in [-0.1, -0.05) is 12.1 Å². The Morgan fingerprint density at radius 1 is 1.17 bits per heavy atom. The first-order chi connectivity index (χ1) is 8.72. The second-order valence-corrected chi connectivity index (χ2v) is 4.74. The van der Waals surface area contributed by atoms with Gasteiger partial charge in [0, 0.05) is 11.8 Å². The number of hydrogen-bond acceptors (Lipinski definition) is 2. The van der Waals surface area contributed by atoms with Crippen molar-refractivity contribution < 1.29 is 4.74 Å². The molecule has 0 amide bonds. The molecule has 1 aromatic carbocycles. The van der Waals surface area contributed by atoms with E-state index in [0.717, 1.165) is 22.4 Å². The third kappa shape index (κ3) is 2.30. The largest absolute Gasteiger partial charge is 0.490 e. The van der Waals surface area contributed by atoms with Crippen molar-refractivity contribution in [2.75, 3.05) is 0 Å². The molecule has 0 bridgehead atoms. The summed E-state index contributed by atoms with van der Waals surface area (Å²) in [6, 6.07) is 9.90. The zero-order valence-corrected chi connectivity index (χ0v) is 10.3. The molecule has 1 fully saturated rings. The van der Waals surface area contributed by atoms with Crippen LogP contribution in [0.2, 0.25) is 0 Å². The fraction of sp³-hybridized carbons (Fsp3) is 0.267. The van der Waals surface area contributed by atoms with E-state index >= 15 is 0 Å². The maximum absolute atomic E-state index is 11.3. The lowest BCUT2D eigenvalue weighted by atomic mass is 10.1. The molecule has 1 aliphatic carbocycles. The van der Waals surface area contributed by atoms with Crippen LogP contribution in [0, 0.1) is 6.92 Å². The predicted octanol–water partition coefficient (Wildman–Crippen LogP) is 2.89. The molecule has 18 heavy (non-hydrogen) atoms. The number of aryl methyl sites for hydroxylation is 1. The topological polar surface area (TPSA) is 42.1 Å². The fourth-order valence-electron chi connectivity index (χ4n) is 1.87. The number of rotatable bonds is 3. The van der Waals surface area contributed by atoms with Crippen LogP contribution < -0.4 is 10.3 Å². The molecular weight excluding hydrogens is 226 g/mol. The van der Waals surface area contributed by atoms with E-state index < -0.39 is 0 Å². The minimum absolute atomic E-state index is 0.0348. The summed E-state index contributed by atoms with van der Waals surface area (Å²) >= 11 is 0. The van der Waals surface area contributed by atoms with Crippen LogP contribution in [-0.4, -0.2) is 11.1 Å². The molecule has 1 aromatic heterocycles. The summed E-state index contributed by atoms with van der Waals surface area (Å²) in [5.74, 6) is 0.919. The lowest BCUT2D eigenvalue weighted by Gasteiger charge is -2.06. The fourth-order valence-corrected chi connectivity index (χ4v) is 1.87. The van der Waals surface area contributed by atoms with Gasteiger partial charge in [0.1, 0.15) is 5.75 Å². The lowest BCUT2D eigenvalue weighted by Crippen LogP contribution is -2.07. The highest BCUT2D eigenvalue weighted by Gasteiger charge is 2.23. The molecule has 1 N–H and O–H groups in total. The zero-order chi connectivity index (χ0) is 12.5. The van der Waals surface area contributed by atoms with E-state index in [1.165, 1.54) is 12.8 Å². The maximum Gasteiger partial charge on any atom is 0.250 e. The Morgan fingerprint density at radius 3 is 2.50 bits per heavy atom. The third-order valence-corrected chi connectivity index (χ3v) is 3.10. The number of benzene rings is 1. The minimum Gasteiger partial charge on any atom is -0.490 e. The van der Waals surface area contributed by atoms with Crippen molar-refractivity contribution in [3.05, 3.63) is 52.4 Å². The van der Waals surface area contributed by atoms with E-state index in [1.54, 1.807) is 6.20 Å². The summed E-state index contributed by atoms with van der Waals surface area (Å²) in [4.78, 5) is 14.0. The van der Waals surface area contributed by atoms with Gasteiger partial charge < -0.3 is 9.72 Å². The molecular formula is C15H15NO2. The van der Waals surface area contributed by atoms with E-state index in [4.69, 9.17) is 4.74 Å². The van der Waals surface area contributed by atoms with Crippen molar-refractivity contribution >= 4 is 0 Å². The van der Waals surface area contributed by atoms with Crippen LogP contribution in [0.4, 0.5) is 0 Å². The van der Waals surface area contributed by atoms with Crippen LogP contribution >= 0.6 is 0 Å². The van der Waals surface area contributed by atoms with Gasteiger partial charge in [0.05, 0.1) is 6.10 Å². The van der Waals surface area contributed by atoms with Gasteiger partial charge in [-0.15, -0.1) is 0 Å². The number of H-pyrrole nitrogens is 1. The smallest absolute Gasteiger partial charge is 0.250 e. The molecule has 0 unspecified atom stereocenters. The Morgan fingerprint density at radius 2 is 1.89 bits per heavy atom. The van der Waals surface area contributed by atoms with E-state index in [0.29, 0.717) is 6.10 Å². The number of aromatic amines is 1. The van der Waals surface area contributed by atoms with Crippen LogP contribution in [0.1, 0.15) is 18.4 Å². The maximum atomic E-state index is 11.3. The van der Waals surface area contributed by atoms with Crippen molar-refractivity contribution in [1.29, 1.82) is 0 Å². The zero-order valence-electron chi connectivity index (χ0n) is 10.3. The molecule has 0 radical (unpaired) electrons. The van der Waals surface area contributed by atoms with Gasteiger partial charge >= 0.3 is 0 Å². The Labute approximate surface area is 105 Å². The van der Waals surface area contributed by atoms with Crippen molar-refractivity contribution in [2.45, 2.75) is 25.9 Å². The number of pyridine rings is 1. The van der Waals surface area contributed by atoms with Gasteiger partial charge in [-0.05, 0) is 49.1 Å². The van der Waals surface area contributed by atoms with Gasteiger partial charge in [-0.2, -0.15) is 0 Å². The lowest BCUT2D eigenvalue weighted by molar-refractivity contribution is 0.303. The van der Waals surface area contributed by atoms with Crippen LogP contribution in [0.3, 0.4) is 0 Å². The molecule has 3 nitrogen and oxygen atoms in total. The third-order valence-electron chi connectivity index (χ3n) is 3.10. The molecule has 1 aliphatic rings. The molecule has 3 heteroatoms. The number of aromatic nitrogens is 1. The second kappa shape index (κ2) is 4.33. The number of hydrogen-bond donors (Lipinski definition) is 1. The minimum atomic E-state index is -0.0348. The molecule has 1 heterocycles. The monoisotopic (exact) mass is 241 g/mol. The Balaban J connectivity index is 1.86. The SMILES string of the molecule is Cc1cc(-c2ccc(OC3CC3)cc2)c[nH]c1=O. The standard InChI is InChI=1S/C15H15NO2/c1-10-8-12(9-16-15(10)17)11-2-4-13(5-3-11)18-14-6-7-14/h2-5,8-9,14H,6-7H2,1H3,(H,16,17). The van der Waals surface area contributed by atoms with E-state index in [2.05, 4.69) is 4.98 Å². The Bertz CT molecular complexity index is 609.